The summed E-state index contributed by atoms with van der Waals surface area (Å²) in [5, 5.41) is 0. The zero-order chi connectivity index (χ0) is 13.4. The van der Waals surface area contributed by atoms with Crippen LogP contribution in [0.3, 0.4) is 0 Å². The van der Waals surface area contributed by atoms with Crippen molar-refractivity contribution < 1.29 is 4.48 Å². The van der Waals surface area contributed by atoms with Gasteiger partial charge in [-0.05, 0) is 6.92 Å². The zero-order valence-corrected chi connectivity index (χ0v) is 11.9. The van der Waals surface area contributed by atoms with Crippen molar-refractivity contribution in [2.45, 2.75) is 13.5 Å². The fourth-order valence-corrected chi connectivity index (χ4v) is 1.67. The Hall–Kier alpha value is -1.60. The summed E-state index contributed by atoms with van der Waals surface area (Å²) in [6.45, 7) is 3.18. The normalized spacial score (nSPS) is 10.4. The first-order chi connectivity index (χ1) is 8.47. The van der Waals surface area contributed by atoms with E-state index in [0.29, 0.717) is 0 Å². The molecule has 0 aliphatic heterocycles. The summed E-state index contributed by atoms with van der Waals surface area (Å²) in [5.41, 5.74) is 2.72. The maximum Gasteiger partial charge on any atom is 0.104 e. The SMILES string of the molecule is C[N+](C)(C)Cc1ccccc1.Cc1ccccc1. The van der Waals surface area contributed by atoms with Crippen molar-refractivity contribution in [1.82, 2.24) is 0 Å². The lowest BCUT2D eigenvalue weighted by molar-refractivity contribution is -0.884. The highest BCUT2D eigenvalue weighted by Gasteiger charge is 2.06. The van der Waals surface area contributed by atoms with E-state index < -0.39 is 0 Å². The molecule has 0 aromatic heterocycles. The first kappa shape index (κ1) is 14.5. The summed E-state index contributed by atoms with van der Waals surface area (Å²) in [6, 6.07) is 20.8. The van der Waals surface area contributed by atoms with Crippen molar-refractivity contribution in [2.24, 2.45) is 0 Å². The molecule has 0 heterocycles. The van der Waals surface area contributed by atoms with E-state index in [0.717, 1.165) is 11.0 Å². The summed E-state index contributed by atoms with van der Waals surface area (Å²) in [4.78, 5) is 0. The van der Waals surface area contributed by atoms with Crippen LogP contribution in [0, 0.1) is 6.92 Å². The molecule has 0 N–H and O–H groups in total. The van der Waals surface area contributed by atoms with Gasteiger partial charge in [-0.25, -0.2) is 0 Å². The van der Waals surface area contributed by atoms with Gasteiger partial charge in [0.1, 0.15) is 6.54 Å². The van der Waals surface area contributed by atoms with E-state index in [2.05, 4.69) is 70.5 Å². The Bertz CT molecular complexity index is 426. The monoisotopic (exact) mass is 242 g/mol. The smallest absolute Gasteiger partial charge is 0.104 e. The number of nitrogens with zero attached hydrogens (tertiary/aromatic N) is 1. The summed E-state index contributed by atoms with van der Waals surface area (Å²) in [5.74, 6) is 0. The molecule has 0 saturated carbocycles. The van der Waals surface area contributed by atoms with Crippen molar-refractivity contribution in [3.05, 3.63) is 71.8 Å². The Balaban J connectivity index is 0.000000199. The predicted molar refractivity (Wildman–Crippen MR) is 79.4 cm³/mol. The molecular weight excluding hydrogens is 218 g/mol. The highest BCUT2D eigenvalue weighted by atomic mass is 15.3. The summed E-state index contributed by atoms with van der Waals surface area (Å²) < 4.78 is 0.990. The lowest BCUT2D eigenvalue weighted by Gasteiger charge is -2.23. The minimum absolute atomic E-state index is 0.990. The van der Waals surface area contributed by atoms with Gasteiger partial charge in [0, 0.05) is 5.56 Å². The van der Waals surface area contributed by atoms with Gasteiger partial charge in [0.15, 0.2) is 0 Å². The maximum atomic E-state index is 2.20. The van der Waals surface area contributed by atoms with Gasteiger partial charge in [0.2, 0.25) is 0 Å². The first-order valence-corrected chi connectivity index (χ1v) is 6.33. The van der Waals surface area contributed by atoms with Crippen LogP contribution in [0.25, 0.3) is 0 Å². The highest BCUT2D eigenvalue weighted by Crippen LogP contribution is 2.05. The molecule has 0 saturated heterocycles. The molecule has 2 aromatic rings. The van der Waals surface area contributed by atoms with Crippen molar-refractivity contribution in [3.8, 4) is 0 Å². The molecule has 0 bridgehead atoms. The van der Waals surface area contributed by atoms with E-state index in [1.807, 2.05) is 18.2 Å². The number of benzene rings is 2. The molecule has 0 radical (unpaired) electrons. The summed E-state index contributed by atoms with van der Waals surface area (Å²) in [6.07, 6.45) is 0. The molecule has 0 aliphatic rings. The lowest BCUT2D eigenvalue weighted by atomic mass is 10.2. The van der Waals surface area contributed by atoms with Crippen LogP contribution in [0.1, 0.15) is 11.1 Å². The standard InChI is InChI=1S/C10H16N.C7H8/c1-11(2,3)9-10-7-5-4-6-8-10;1-7-5-3-2-4-6-7/h4-8H,9H2,1-3H3;2-6H,1H3/q+1;. The Labute approximate surface area is 111 Å². The fourth-order valence-electron chi connectivity index (χ4n) is 1.67. The second-order valence-electron chi connectivity index (χ2n) is 5.59. The molecule has 1 heteroatoms. The Morgan fingerprint density at radius 3 is 1.50 bits per heavy atom. The van der Waals surface area contributed by atoms with Crippen molar-refractivity contribution >= 4 is 0 Å². The van der Waals surface area contributed by atoms with E-state index in [1.54, 1.807) is 0 Å². The lowest BCUT2D eigenvalue weighted by Crippen LogP contribution is -2.33. The van der Waals surface area contributed by atoms with Crippen LogP contribution in [-0.2, 0) is 6.54 Å². The molecule has 2 aromatic carbocycles. The van der Waals surface area contributed by atoms with E-state index in [-0.39, 0.29) is 0 Å². The van der Waals surface area contributed by atoms with E-state index in [1.165, 1.54) is 11.1 Å². The van der Waals surface area contributed by atoms with E-state index >= 15 is 0 Å². The molecule has 2 rings (SSSR count). The average Bonchev–Trinajstić information content (AvgIpc) is 2.30. The maximum absolute atomic E-state index is 2.20. The molecule has 0 aliphatic carbocycles. The predicted octanol–water partition coefficient (Wildman–Crippen LogP) is 3.89. The second-order valence-corrected chi connectivity index (χ2v) is 5.59. The van der Waals surface area contributed by atoms with Crippen LogP contribution in [-0.4, -0.2) is 25.6 Å². The second kappa shape index (κ2) is 6.97. The van der Waals surface area contributed by atoms with Crippen LogP contribution in [0.2, 0.25) is 0 Å². The van der Waals surface area contributed by atoms with Gasteiger partial charge < -0.3 is 4.48 Å². The Morgan fingerprint density at radius 2 is 1.17 bits per heavy atom. The van der Waals surface area contributed by atoms with Gasteiger partial charge in [-0.2, -0.15) is 0 Å². The average molecular weight is 242 g/mol. The Kier molecular flexibility index (Phi) is 5.60. The summed E-state index contributed by atoms with van der Waals surface area (Å²) >= 11 is 0. The van der Waals surface area contributed by atoms with Crippen LogP contribution in [0.15, 0.2) is 60.7 Å². The third-order valence-electron chi connectivity index (χ3n) is 2.44. The van der Waals surface area contributed by atoms with Gasteiger partial charge >= 0.3 is 0 Å². The number of hydrogen-bond donors (Lipinski definition) is 0. The van der Waals surface area contributed by atoms with E-state index in [9.17, 15) is 0 Å². The minimum Gasteiger partial charge on any atom is -0.327 e. The van der Waals surface area contributed by atoms with Crippen LogP contribution in [0.5, 0.6) is 0 Å². The molecule has 96 valence electrons. The molecular formula is C17H24N+. The van der Waals surface area contributed by atoms with Crippen LogP contribution >= 0.6 is 0 Å². The van der Waals surface area contributed by atoms with Gasteiger partial charge in [0.25, 0.3) is 0 Å². The van der Waals surface area contributed by atoms with Crippen molar-refractivity contribution in [2.75, 3.05) is 21.1 Å². The van der Waals surface area contributed by atoms with Crippen molar-refractivity contribution in [3.63, 3.8) is 0 Å². The largest absolute Gasteiger partial charge is 0.327 e. The first-order valence-electron chi connectivity index (χ1n) is 6.33. The fraction of sp³-hybridized carbons (Fsp3) is 0.294. The molecule has 0 spiro atoms. The minimum atomic E-state index is 0.990. The van der Waals surface area contributed by atoms with Crippen LogP contribution < -0.4 is 0 Å². The summed E-state index contributed by atoms with van der Waals surface area (Å²) in [7, 11) is 6.60. The molecule has 18 heavy (non-hydrogen) atoms. The van der Waals surface area contributed by atoms with Crippen LogP contribution in [0.4, 0.5) is 0 Å². The van der Waals surface area contributed by atoms with Gasteiger partial charge in [0.05, 0.1) is 21.1 Å². The number of rotatable bonds is 2. The Morgan fingerprint density at radius 1 is 0.722 bits per heavy atom. The van der Waals surface area contributed by atoms with Gasteiger partial charge in [-0.3, -0.25) is 0 Å². The third kappa shape index (κ3) is 6.87. The van der Waals surface area contributed by atoms with E-state index in [4.69, 9.17) is 0 Å². The molecule has 0 unspecified atom stereocenters. The molecule has 0 atom stereocenters. The third-order valence-corrected chi connectivity index (χ3v) is 2.44. The highest BCUT2D eigenvalue weighted by molar-refractivity contribution is 5.13. The molecule has 0 amide bonds. The van der Waals surface area contributed by atoms with Gasteiger partial charge in [-0.1, -0.05) is 66.2 Å². The zero-order valence-electron chi connectivity index (χ0n) is 11.9. The van der Waals surface area contributed by atoms with Gasteiger partial charge in [-0.15, -0.1) is 0 Å². The number of hydrogen-bond acceptors (Lipinski definition) is 0. The quantitative estimate of drug-likeness (QED) is 0.701. The van der Waals surface area contributed by atoms with Crippen molar-refractivity contribution in [1.29, 1.82) is 0 Å². The number of quaternary nitrogens is 1. The topological polar surface area (TPSA) is 0 Å². The molecule has 1 nitrogen and oxygen atoms in total. The molecule has 0 fully saturated rings. The number of aryl methyl sites for hydroxylation is 1.